The fraction of sp³-hybridized carbons (Fsp3) is 0.400. The summed E-state index contributed by atoms with van der Waals surface area (Å²) >= 11 is 1.65. The van der Waals surface area contributed by atoms with Crippen LogP contribution in [0.4, 0.5) is 10.5 Å². The first-order valence-electron chi connectivity index (χ1n) is 22.2. The number of rotatable bonds is 20. The molecule has 1 amide bonds. The van der Waals surface area contributed by atoms with Crippen LogP contribution < -0.4 is 23.7 Å². The quantitative estimate of drug-likeness (QED) is 0.0281. The minimum Gasteiger partial charge on any atom is -0.459 e. The molecule has 2 N–H and O–H groups in total. The second-order valence-corrected chi connectivity index (χ2v) is 17.5. The summed E-state index contributed by atoms with van der Waals surface area (Å²) < 4.78 is 38.4. The number of hydrogen-bond donors (Lipinski definition) is 2. The maximum atomic E-state index is 15.0. The summed E-state index contributed by atoms with van der Waals surface area (Å²) in [6, 6.07) is 23.5. The zero-order chi connectivity index (χ0) is 46.2. The van der Waals surface area contributed by atoms with Crippen molar-refractivity contribution in [1.29, 1.82) is 0 Å². The first kappa shape index (κ1) is 46.5. The number of amides is 1. The van der Waals surface area contributed by atoms with Gasteiger partial charge in [-0.05, 0) is 122 Å². The summed E-state index contributed by atoms with van der Waals surface area (Å²) in [6.07, 6.45) is 9.61. The number of benzene rings is 4. The van der Waals surface area contributed by atoms with Gasteiger partial charge in [-0.2, -0.15) is 0 Å². The topological polar surface area (TPSA) is 181 Å². The maximum Gasteiger partial charge on any atom is 0.416 e. The lowest BCUT2D eigenvalue weighted by Gasteiger charge is -2.59. The van der Waals surface area contributed by atoms with Crippen LogP contribution in [-0.4, -0.2) is 83.6 Å². The molecule has 16 heteroatoms. The summed E-state index contributed by atoms with van der Waals surface area (Å²) in [6.45, 7) is 4.25. The van der Waals surface area contributed by atoms with Crippen LogP contribution in [0.2, 0.25) is 0 Å². The van der Waals surface area contributed by atoms with Gasteiger partial charge in [-0.3, -0.25) is 15.0 Å². The highest BCUT2D eigenvalue weighted by Crippen LogP contribution is 2.62. The van der Waals surface area contributed by atoms with Crippen molar-refractivity contribution in [3.8, 4) is 34.5 Å². The molecule has 0 radical (unpaired) electrons. The van der Waals surface area contributed by atoms with Gasteiger partial charge in [-0.15, -0.1) is 18.3 Å². The second kappa shape index (κ2) is 21.0. The molecule has 8 rings (SSSR count). The molecule has 0 saturated heterocycles. The number of nitrogens with zero attached hydrogens (tertiary/aromatic N) is 3. The lowest BCUT2D eigenvalue weighted by atomic mass is 9.55. The highest BCUT2D eigenvalue weighted by Gasteiger charge is 2.66. The number of oxime groups is 1. The number of nitro benzene ring substituents is 1. The van der Waals surface area contributed by atoms with E-state index >= 15 is 4.79 Å². The van der Waals surface area contributed by atoms with E-state index in [1.807, 2.05) is 60.9 Å². The Labute approximate surface area is 388 Å². The summed E-state index contributed by atoms with van der Waals surface area (Å²) in [5.74, 6) is 0.561. The Balaban J connectivity index is 1.31. The van der Waals surface area contributed by atoms with Crippen LogP contribution >= 0.6 is 11.8 Å². The summed E-state index contributed by atoms with van der Waals surface area (Å²) in [7, 11) is 1.49. The van der Waals surface area contributed by atoms with Gasteiger partial charge in [0.1, 0.15) is 36.1 Å². The van der Waals surface area contributed by atoms with Gasteiger partial charge in [0.2, 0.25) is 12.6 Å². The van der Waals surface area contributed by atoms with E-state index < -0.39 is 28.8 Å². The number of carbonyl (C=O) groups excluding carboxylic acids is 1. The Morgan fingerprint density at radius 1 is 0.939 bits per heavy atom. The Morgan fingerprint density at radius 2 is 1.65 bits per heavy atom. The first-order chi connectivity index (χ1) is 32.2. The average Bonchev–Trinajstić information content (AvgIpc) is 3.80. The molecule has 0 bridgehead atoms. The van der Waals surface area contributed by atoms with Crippen molar-refractivity contribution in [2.24, 2.45) is 22.9 Å². The number of nitro groups is 1. The van der Waals surface area contributed by atoms with Crippen molar-refractivity contribution in [3.63, 3.8) is 0 Å². The molecule has 4 aromatic rings. The van der Waals surface area contributed by atoms with E-state index in [1.165, 1.54) is 31.4 Å². The second-order valence-electron chi connectivity index (χ2n) is 16.7. The van der Waals surface area contributed by atoms with Crippen LogP contribution in [0.1, 0.15) is 62.0 Å². The zero-order valence-corrected chi connectivity index (χ0v) is 37.9. The third-order valence-electron chi connectivity index (χ3n) is 12.8. The summed E-state index contributed by atoms with van der Waals surface area (Å²) in [5.41, 5.74) is 2.91. The van der Waals surface area contributed by atoms with Crippen molar-refractivity contribution in [3.05, 3.63) is 130 Å². The van der Waals surface area contributed by atoms with Crippen LogP contribution in [0.3, 0.4) is 0 Å². The van der Waals surface area contributed by atoms with Crippen molar-refractivity contribution in [2.45, 2.75) is 74.1 Å². The Kier molecular flexibility index (Phi) is 14.8. The third-order valence-corrected chi connectivity index (χ3v) is 13.5. The van der Waals surface area contributed by atoms with Gasteiger partial charge in [0.15, 0.2) is 11.5 Å². The number of ether oxygens (including phenoxy) is 6. The predicted molar refractivity (Wildman–Crippen MR) is 247 cm³/mol. The minimum absolute atomic E-state index is 0.00888. The monoisotopic (exact) mass is 921 g/mol. The van der Waals surface area contributed by atoms with Crippen molar-refractivity contribution < 1.29 is 53.2 Å². The molecule has 6 unspecified atom stereocenters. The molecule has 1 saturated carbocycles. The summed E-state index contributed by atoms with van der Waals surface area (Å²) in [4.78, 5) is 34.3. The van der Waals surface area contributed by atoms with Gasteiger partial charge in [0, 0.05) is 54.7 Å². The molecular formula is C50H55N3O12S. The molecule has 2 aliphatic carbocycles. The third kappa shape index (κ3) is 9.73. The highest BCUT2D eigenvalue weighted by atomic mass is 32.2. The smallest absolute Gasteiger partial charge is 0.416 e. The first-order valence-corrected chi connectivity index (χ1v) is 23.5. The number of non-ortho nitro benzene ring substituents is 1. The van der Waals surface area contributed by atoms with E-state index in [4.69, 9.17) is 33.3 Å². The van der Waals surface area contributed by atoms with Crippen molar-refractivity contribution in [2.75, 3.05) is 40.0 Å². The van der Waals surface area contributed by atoms with Crippen LogP contribution in [0.15, 0.2) is 119 Å². The largest absolute Gasteiger partial charge is 0.459 e. The molecule has 0 spiro atoms. The van der Waals surface area contributed by atoms with Crippen LogP contribution in [0.25, 0.3) is 0 Å². The Hall–Kier alpha value is -6.07. The van der Waals surface area contributed by atoms with Crippen LogP contribution in [-0.2, 0) is 16.1 Å². The fourth-order valence-electron chi connectivity index (χ4n) is 9.94. The van der Waals surface area contributed by atoms with Crippen LogP contribution in [0.5, 0.6) is 34.5 Å². The molecule has 6 atom stereocenters. The molecule has 0 aromatic heterocycles. The number of carbonyl (C=O) groups is 1. The molecule has 4 aromatic carbocycles. The Bertz CT molecular complexity index is 2430. The standard InChI is InChI=1S/C50H55N3O12S/c1-4-25-62-50-46(52(30-32-11-21-44-45(26-32)61-31-60-44)49(56)64-36-14-12-34(13-15-36)53(57)58)29-42(51-59-2)40-27-33(9-5-7-23-54)39(10-6-8-24-55)47(48(40)50)41-28-37(18-22-43(41)65-50)63-35-16-19-38(66-3)20-17-35/h4,11-22,26-28,33,39,46-48,54-55H,1,5-10,23-25,29-31H2,2-3H3. The number of allylic oxidation sites excluding steroid dienone is 1. The lowest BCUT2D eigenvalue weighted by Crippen LogP contribution is -2.70. The normalized spacial score (nSPS) is 22.9. The van der Waals surface area contributed by atoms with E-state index in [1.54, 1.807) is 28.8 Å². The zero-order valence-electron chi connectivity index (χ0n) is 37.0. The fourth-order valence-corrected chi connectivity index (χ4v) is 10.3. The lowest BCUT2D eigenvalue weighted by molar-refractivity contribution is -0.384. The van der Waals surface area contributed by atoms with Gasteiger partial charge >= 0.3 is 6.09 Å². The molecule has 348 valence electrons. The van der Waals surface area contributed by atoms with Crippen molar-refractivity contribution in [1.82, 2.24) is 4.90 Å². The van der Waals surface area contributed by atoms with Gasteiger partial charge in [-0.25, -0.2) is 4.79 Å². The highest BCUT2D eigenvalue weighted by molar-refractivity contribution is 7.98. The number of thioether (sulfide) groups is 1. The van der Waals surface area contributed by atoms with E-state index in [0.717, 1.165) is 41.7 Å². The average molecular weight is 922 g/mol. The molecule has 4 aliphatic rings. The number of fused-ring (bicyclic) bond motifs is 3. The van der Waals surface area contributed by atoms with E-state index in [-0.39, 0.29) is 68.8 Å². The molecule has 2 aliphatic heterocycles. The maximum absolute atomic E-state index is 15.0. The SMILES string of the molecule is C=CCOC12Oc3ccc(Oc4ccc(SC)cc4)cc3C3C(CCCCO)C(CCCCO)C=C(C(=NOC)CC1N(Cc1ccc4c(c1)OCO4)C(=O)Oc1ccc([N+](=O)[O-])cc1)C32. The van der Waals surface area contributed by atoms with Gasteiger partial charge in [0.05, 0.1) is 23.2 Å². The van der Waals surface area contributed by atoms with Crippen LogP contribution in [0, 0.1) is 27.9 Å². The molecular weight excluding hydrogens is 867 g/mol. The number of aliphatic hydroxyl groups is 2. The van der Waals surface area contributed by atoms with E-state index in [0.29, 0.717) is 52.9 Å². The number of unbranched alkanes of at least 4 members (excludes halogenated alkanes) is 2. The van der Waals surface area contributed by atoms with Crippen molar-refractivity contribution >= 4 is 29.3 Å². The molecule has 1 fully saturated rings. The van der Waals surface area contributed by atoms with E-state index in [9.17, 15) is 20.3 Å². The molecule has 15 nitrogen and oxygen atoms in total. The predicted octanol–water partition coefficient (Wildman–Crippen LogP) is 9.80. The van der Waals surface area contributed by atoms with Gasteiger partial charge in [-0.1, -0.05) is 36.2 Å². The molecule has 66 heavy (non-hydrogen) atoms. The van der Waals surface area contributed by atoms with E-state index in [2.05, 4.69) is 17.8 Å². The summed E-state index contributed by atoms with van der Waals surface area (Å²) in [5, 5.41) is 36.1. The van der Waals surface area contributed by atoms with Gasteiger partial charge < -0.3 is 43.5 Å². The van der Waals surface area contributed by atoms with Gasteiger partial charge in [0.25, 0.3) is 5.69 Å². The molecule has 2 heterocycles. The number of hydrogen-bond acceptors (Lipinski definition) is 14. The number of aliphatic hydroxyl groups excluding tert-OH is 2. The minimum atomic E-state index is -1.59. The Morgan fingerprint density at radius 3 is 2.36 bits per heavy atom.